The van der Waals surface area contributed by atoms with Gasteiger partial charge in [0.2, 0.25) is 0 Å². The molecule has 4 heteroatoms. The molecule has 0 saturated carbocycles. The Morgan fingerprint density at radius 2 is 1.90 bits per heavy atom. The zero-order chi connectivity index (χ0) is 15.5. The minimum atomic E-state index is -0.481. The number of benzene rings is 1. The zero-order valence-corrected chi connectivity index (χ0v) is 13.4. The Kier molecular flexibility index (Phi) is 4.88. The number of carbonyl (C=O) groups is 1. The van der Waals surface area contributed by atoms with Crippen LogP contribution in [0, 0.1) is 12.3 Å². The van der Waals surface area contributed by atoms with Crippen molar-refractivity contribution in [3.05, 3.63) is 29.8 Å². The summed E-state index contributed by atoms with van der Waals surface area (Å²) in [6, 6.07) is 8.04. The van der Waals surface area contributed by atoms with Crippen LogP contribution in [0.25, 0.3) is 0 Å². The fourth-order valence-electron chi connectivity index (χ4n) is 2.15. The van der Waals surface area contributed by atoms with Crippen LogP contribution in [0.15, 0.2) is 24.3 Å². The van der Waals surface area contributed by atoms with Gasteiger partial charge in [0.25, 0.3) is 0 Å². The maximum atomic E-state index is 11.9. The minimum absolute atomic E-state index is 0.0641. The van der Waals surface area contributed by atoms with Gasteiger partial charge < -0.3 is 9.57 Å². The van der Waals surface area contributed by atoms with E-state index in [1.807, 2.05) is 45.0 Å². The van der Waals surface area contributed by atoms with Crippen LogP contribution in [0.3, 0.4) is 0 Å². The van der Waals surface area contributed by atoms with Crippen molar-refractivity contribution in [1.29, 1.82) is 0 Å². The van der Waals surface area contributed by atoms with Crippen LogP contribution in [0.5, 0.6) is 5.75 Å². The first-order chi connectivity index (χ1) is 9.84. The molecule has 0 unspecified atom stereocenters. The molecule has 0 amide bonds. The lowest BCUT2D eigenvalue weighted by atomic mass is 9.98. The highest BCUT2D eigenvalue weighted by molar-refractivity contribution is 5.75. The summed E-state index contributed by atoms with van der Waals surface area (Å²) in [5.41, 5.74) is 0.733. The third-order valence-corrected chi connectivity index (χ3v) is 3.49. The van der Waals surface area contributed by atoms with Crippen molar-refractivity contribution < 1.29 is 14.4 Å². The smallest absolute Gasteiger partial charge is 0.330 e. The quantitative estimate of drug-likeness (QED) is 0.856. The summed E-state index contributed by atoms with van der Waals surface area (Å²) in [7, 11) is 0. The third-order valence-electron chi connectivity index (χ3n) is 3.49. The summed E-state index contributed by atoms with van der Waals surface area (Å²) in [5, 5.41) is 1.73. The lowest BCUT2D eigenvalue weighted by molar-refractivity contribution is -0.209. The molecule has 116 valence electrons. The second kappa shape index (κ2) is 6.48. The Labute approximate surface area is 127 Å². The molecule has 1 fully saturated rings. The summed E-state index contributed by atoms with van der Waals surface area (Å²) in [6.07, 6.45) is 2.01. The fourth-order valence-corrected chi connectivity index (χ4v) is 2.15. The fraction of sp³-hybridized carbons (Fsp3) is 0.588. The number of hydrogen-bond donors (Lipinski definition) is 0. The van der Waals surface area contributed by atoms with E-state index in [0.717, 1.165) is 25.1 Å². The van der Waals surface area contributed by atoms with Gasteiger partial charge in [-0.2, -0.15) is 0 Å². The first-order valence-electron chi connectivity index (χ1n) is 7.55. The van der Waals surface area contributed by atoms with Gasteiger partial charge in [0, 0.05) is 6.54 Å². The van der Waals surface area contributed by atoms with Crippen LogP contribution in [0.2, 0.25) is 0 Å². The van der Waals surface area contributed by atoms with Crippen LogP contribution >= 0.6 is 0 Å². The van der Waals surface area contributed by atoms with Crippen molar-refractivity contribution in [3.8, 4) is 5.75 Å². The van der Waals surface area contributed by atoms with Crippen LogP contribution in [0.4, 0.5) is 0 Å². The molecule has 1 aromatic carbocycles. The number of hydroxylamine groups is 2. The van der Waals surface area contributed by atoms with E-state index in [2.05, 4.69) is 6.92 Å². The summed E-state index contributed by atoms with van der Waals surface area (Å²) < 4.78 is 5.97. The number of nitrogens with zero attached hydrogens (tertiary/aromatic N) is 1. The van der Waals surface area contributed by atoms with E-state index >= 15 is 0 Å². The average molecular weight is 291 g/mol. The molecule has 0 bridgehead atoms. The normalized spacial score (nSPS) is 20.1. The van der Waals surface area contributed by atoms with Crippen molar-refractivity contribution >= 4 is 5.97 Å². The molecule has 0 aliphatic carbocycles. The third kappa shape index (κ3) is 4.74. The second-order valence-corrected chi connectivity index (χ2v) is 6.71. The Hall–Kier alpha value is -1.55. The number of ether oxygens (including phenoxy) is 1. The van der Waals surface area contributed by atoms with Crippen molar-refractivity contribution in [1.82, 2.24) is 5.06 Å². The number of hydrogen-bond acceptors (Lipinski definition) is 4. The summed E-state index contributed by atoms with van der Waals surface area (Å²) in [6.45, 7) is 9.03. The van der Waals surface area contributed by atoms with E-state index < -0.39 is 5.41 Å². The predicted octanol–water partition coefficient (Wildman–Crippen LogP) is 3.34. The number of aryl methyl sites for hydroxylation is 1. The van der Waals surface area contributed by atoms with Gasteiger partial charge in [0.05, 0.1) is 12.0 Å². The lowest BCUT2D eigenvalue weighted by Gasteiger charge is -2.32. The Bertz CT molecular complexity index is 476. The minimum Gasteiger partial charge on any atom is -0.489 e. The Morgan fingerprint density at radius 3 is 2.52 bits per heavy atom. The molecule has 1 aromatic rings. The molecule has 0 N–H and O–H groups in total. The van der Waals surface area contributed by atoms with Gasteiger partial charge in [-0.1, -0.05) is 17.7 Å². The SMILES string of the molecule is Cc1ccc(O[C@H]2CCCN(OC(=O)C(C)(C)C)C2)cc1. The molecule has 2 rings (SSSR count). The molecule has 0 radical (unpaired) electrons. The van der Waals surface area contributed by atoms with Gasteiger partial charge in [-0.3, -0.25) is 0 Å². The molecular formula is C17H25NO3. The molecule has 1 aliphatic heterocycles. The summed E-state index contributed by atoms with van der Waals surface area (Å²) in [4.78, 5) is 17.4. The first-order valence-corrected chi connectivity index (χ1v) is 7.55. The molecular weight excluding hydrogens is 266 g/mol. The number of carbonyl (C=O) groups excluding carboxylic acids is 1. The first kappa shape index (κ1) is 15.8. The highest BCUT2D eigenvalue weighted by Gasteiger charge is 2.29. The molecule has 21 heavy (non-hydrogen) atoms. The largest absolute Gasteiger partial charge is 0.489 e. The van der Waals surface area contributed by atoms with E-state index in [-0.39, 0.29) is 12.1 Å². The van der Waals surface area contributed by atoms with Crippen molar-refractivity contribution in [2.45, 2.75) is 46.6 Å². The zero-order valence-electron chi connectivity index (χ0n) is 13.4. The number of rotatable bonds is 3. The maximum Gasteiger partial charge on any atom is 0.330 e. The van der Waals surface area contributed by atoms with Crippen molar-refractivity contribution in [2.24, 2.45) is 5.41 Å². The van der Waals surface area contributed by atoms with E-state index in [4.69, 9.17) is 9.57 Å². The predicted molar refractivity (Wildman–Crippen MR) is 81.9 cm³/mol. The second-order valence-electron chi connectivity index (χ2n) is 6.71. The van der Waals surface area contributed by atoms with Crippen LogP contribution in [-0.2, 0) is 9.63 Å². The van der Waals surface area contributed by atoms with Gasteiger partial charge in [-0.05, 0) is 52.7 Å². The van der Waals surface area contributed by atoms with Gasteiger partial charge in [0.1, 0.15) is 11.9 Å². The van der Waals surface area contributed by atoms with E-state index in [1.165, 1.54) is 5.56 Å². The Morgan fingerprint density at radius 1 is 1.24 bits per heavy atom. The lowest BCUT2D eigenvalue weighted by Crippen LogP contribution is -2.43. The molecule has 1 atom stereocenters. The topological polar surface area (TPSA) is 38.8 Å². The van der Waals surface area contributed by atoms with Crippen LogP contribution < -0.4 is 4.74 Å². The monoisotopic (exact) mass is 291 g/mol. The van der Waals surface area contributed by atoms with E-state index in [1.54, 1.807) is 5.06 Å². The van der Waals surface area contributed by atoms with Gasteiger partial charge >= 0.3 is 5.97 Å². The maximum absolute atomic E-state index is 11.9. The highest BCUT2D eigenvalue weighted by atomic mass is 16.7. The molecule has 4 nitrogen and oxygen atoms in total. The van der Waals surface area contributed by atoms with Crippen molar-refractivity contribution in [2.75, 3.05) is 13.1 Å². The van der Waals surface area contributed by atoms with Crippen molar-refractivity contribution in [3.63, 3.8) is 0 Å². The summed E-state index contributed by atoms with van der Waals surface area (Å²) >= 11 is 0. The highest BCUT2D eigenvalue weighted by Crippen LogP contribution is 2.21. The standard InChI is InChI=1S/C17H25NO3/c1-13-7-9-14(10-8-13)20-15-6-5-11-18(12-15)21-16(19)17(2,3)4/h7-10,15H,5-6,11-12H2,1-4H3/t15-/m0/s1. The van der Waals surface area contributed by atoms with E-state index in [9.17, 15) is 4.79 Å². The number of piperidine rings is 1. The van der Waals surface area contributed by atoms with Crippen LogP contribution in [0.1, 0.15) is 39.2 Å². The summed E-state index contributed by atoms with van der Waals surface area (Å²) in [5.74, 6) is 0.674. The molecule has 1 aliphatic rings. The molecule has 1 heterocycles. The molecule has 1 saturated heterocycles. The van der Waals surface area contributed by atoms with E-state index in [0.29, 0.717) is 6.54 Å². The van der Waals surface area contributed by atoms with Gasteiger partial charge in [0.15, 0.2) is 0 Å². The van der Waals surface area contributed by atoms with Gasteiger partial charge in [-0.25, -0.2) is 4.79 Å². The average Bonchev–Trinajstić information content (AvgIpc) is 2.41. The van der Waals surface area contributed by atoms with Gasteiger partial charge in [-0.15, -0.1) is 5.06 Å². The Balaban J connectivity index is 1.89. The molecule has 0 spiro atoms. The molecule has 0 aromatic heterocycles. The van der Waals surface area contributed by atoms with Crippen LogP contribution in [-0.4, -0.2) is 30.2 Å².